The van der Waals surface area contributed by atoms with Crippen LogP contribution >= 0.6 is 11.6 Å². The molecule has 0 bridgehead atoms. The number of ether oxygens (including phenoxy) is 1. The molecule has 1 aromatic carbocycles. The molecule has 7 nitrogen and oxygen atoms in total. The molecular weight excluding hydrogens is 426 g/mol. The van der Waals surface area contributed by atoms with Gasteiger partial charge in [0.15, 0.2) is 0 Å². The van der Waals surface area contributed by atoms with E-state index in [4.69, 9.17) is 16.3 Å². The molecule has 1 spiro atoms. The molecule has 168 valence electrons. The fourth-order valence-electron chi connectivity index (χ4n) is 4.41. The Labute approximate surface area is 184 Å². The Morgan fingerprint density at radius 1 is 1.33 bits per heavy atom. The topological polar surface area (TPSA) is 79.0 Å². The summed E-state index contributed by atoms with van der Waals surface area (Å²) in [6, 6.07) is 6.13. The van der Waals surface area contributed by atoms with Crippen LogP contribution in [0, 0.1) is 5.92 Å². The Morgan fingerprint density at radius 3 is 2.63 bits per heavy atom. The first-order valence-corrected chi connectivity index (χ1v) is 12.4. The Balaban J connectivity index is 1.78. The highest BCUT2D eigenvalue weighted by molar-refractivity contribution is 7.89. The van der Waals surface area contributed by atoms with Crippen LogP contribution in [-0.4, -0.2) is 68.6 Å². The van der Waals surface area contributed by atoms with E-state index in [2.05, 4.69) is 19.2 Å². The van der Waals surface area contributed by atoms with E-state index in [0.717, 1.165) is 12.8 Å². The zero-order chi connectivity index (χ0) is 21.9. The highest BCUT2D eigenvalue weighted by Gasteiger charge is 2.53. The first-order chi connectivity index (χ1) is 14.2. The lowest BCUT2D eigenvalue weighted by atomic mass is 9.96. The summed E-state index contributed by atoms with van der Waals surface area (Å²) in [5.41, 5.74) is -0.501. The van der Waals surface area contributed by atoms with Gasteiger partial charge in [-0.05, 0) is 43.4 Å². The first-order valence-electron chi connectivity index (χ1n) is 10.6. The number of benzene rings is 1. The van der Waals surface area contributed by atoms with Crippen LogP contribution in [0.4, 0.5) is 0 Å². The summed E-state index contributed by atoms with van der Waals surface area (Å²) in [4.78, 5) is 15.3. The molecule has 2 atom stereocenters. The molecular formula is C21H32ClN3O4S. The molecule has 1 N–H and O–H groups in total. The van der Waals surface area contributed by atoms with Gasteiger partial charge in [0.2, 0.25) is 15.9 Å². The zero-order valence-electron chi connectivity index (χ0n) is 17.9. The van der Waals surface area contributed by atoms with E-state index < -0.39 is 15.7 Å². The van der Waals surface area contributed by atoms with Crippen molar-refractivity contribution in [3.8, 4) is 0 Å². The molecule has 0 radical (unpaired) electrons. The Morgan fingerprint density at radius 2 is 2.03 bits per heavy atom. The van der Waals surface area contributed by atoms with Gasteiger partial charge in [-0.25, -0.2) is 8.42 Å². The van der Waals surface area contributed by atoms with Crippen molar-refractivity contribution in [1.82, 2.24) is 14.5 Å². The second-order valence-electron chi connectivity index (χ2n) is 8.24. The van der Waals surface area contributed by atoms with Gasteiger partial charge in [0.25, 0.3) is 0 Å². The number of hydrogen-bond acceptors (Lipinski definition) is 5. The average molecular weight is 458 g/mol. The predicted molar refractivity (Wildman–Crippen MR) is 117 cm³/mol. The lowest BCUT2D eigenvalue weighted by Crippen LogP contribution is -2.59. The lowest BCUT2D eigenvalue weighted by Gasteiger charge is -2.44. The summed E-state index contributed by atoms with van der Waals surface area (Å²) in [5.74, 6) is 0.335. The Hall–Kier alpha value is -1.19. The number of rotatable bonds is 8. The van der Waals surface area contributed by atoms with Crippen LogP contribution in [0.1, 0.15) is 39.5 Å². The number of nitrogens with one attached hydrogen (secondary N) is 1. The maximum atomic E-state index is 13.2. The van der Waals surface area contributed by atoms with Crippen LogP contribution < -0.4 is 5.32 Å². The monoisotopic (exact) mass is 457 g/mol. The molecule has 0 aromatic heterocycles. The number of carbonyl (C=O) groups excluding carboxylic acids is 1. The molecule has 9 heteroatoms. The average Bonchev–Trinajstić information content (AvgIpc) is 3.00. The Bertz CT molecular complexity index is 856. The van der Waals surface area contributed by atoms with Gasteiger partial charge in [-0.3, -0.25) is 10.1 Å². The van der Waals surface area contributed by atoms with Crippen LogP contribution in [0.5, 0.6) is 0 Å². The minimum absolute atomic E-state index is 0.117. The molecule has 2 saturated heterocycles. The van der Waals surface area contributed by atoms with Gasteiger partial charge < -0.3 is 9.64 Å². The highest BCUT2D eigenvalue weighted by Crippen LogP contribution is 2.36. The van der Waals surface area contributed by atoms with Crippen molar-refractivity contribution in [1.29, 1.82) is 0 Å². The first kappa shape index (κ1) is 23.5. The molecule has 2 heterocycles. The van der Waals surface area contributed by atoms with Crippen LogP contribution in [0.15, 0.2) is 29.2 Å². The van der Waals surface area contributed by atoms with Gasteiger partial charge in [-0.2, -0.15) is 4.31 Å². The fourth-order valence-corrected chi connectivity index (χ4v) is 6.15. The summed E-state index contributed by atoms with van der Waals surface area (Å²) < 4.78 is 32.8. The third kappa shape index (κ3) is 4.53. The standard InChI is InChI=1S/C21H32ClN3O4S/c1-4-16(2)19-20(26)25(11-6-14-29-3)21(23-19)9-12-24(13-10-21)30(27,28)18-8-5-7-17(22)15-18/h5,7-8,15-16,19,23H,4,6,9-14H2,1-3H3/t16-,19-/m0/s1. The quantitative estimate of drug-likeness (QED) is 0.607. The normalized spacial score (nSPS) is 23.3. The molecule has 2 aliphatic rings. The van der Waals surface area contributed by atoms with Crippen molar-refractivity contribution < 1.29 is 17.9 Å². The van der Waals surface area contributed by atoms with Gasteiger partial charge in [-0.1, -0.05) is 37.9 Å². The highest BCUT2D eigenvalue weighted by atomic mass is 35.5. The molecule has 2 fully saturated rings. The summed E-state index contributed by atoms with van der Waals surface area (Å²) in [6.45, 7) is 6.06. The zero-order valence-corrected chi connectivity index (χ0v) is 19.5. The van der Waals surface area contributed by atoms with Gasteiger partial charge in [0, 0.05) is 38.4 Å². The predicted octanol–water partition coefficient (Wildman–Crippen LogP) is 2.70. The molecule has 0 unspecified atom stereocenters. The minimum atomic E-state index is -3.62. The van der Waals surface area contributed by atoms with E-state index in [-0.39, 0.29) is 22.8 Å². The number of amides is 1. The van der Waals surface area contributed by atoms with Crippen LogP contribution in [0.3, 0.4) is 0 Å². The number of methoxy groups -OCH3 is 1. The lowest BCUT2D eigenvalue weighted by molar-refractivity contribution is -0.134. The summed E-state index contributed by atoms with van der Waals surface area (Å²) in [7, 11) is -1.97. The number of piperidine rings is 1. The third-order valence-corrected chi connectivity index (χ3v) is 8.53. The van der Waals surface area contributed by atoms with Crippen molar-refractivity contribution in [3.05, 3.63) is 29.3 Å². The second kappa shape index (κ2) is 9.53. The summed E-state index contributed by atoms with van der Waals surface area (Å²) in [6.07, 6.45) is 2.76. The summed E-state index contributed by atoms with van der Waals surface area (Å²) in [5, 5.41) is 3.99. The van der Waals surface area contributed by atoms with E-state index in [1.807, 2.05) is 4.90 Å². The maximum absolute atomic E-state index is 13.2. The van der Waals surface area contributed by atoms with E-state index in [1.54, 1.807) is 25.3 Å². The van der Waals surface area contributed by atoms with Crippen molar-refractivity contribution in [2.24, 2.45) is 5.92 Å². The smallest absolute Gasteiger partial charge is 0.243 e. The number of sulfonamides is 1. The van der Waals surface area contributed by atoms with E-state index in [1.165, 1.54) is 10.4 Å². The minimum Gasteiger partial charge on any atom is -0.385 e. The van der Waals surface area contributed by atoms with Crippen molar-refractivity contribution in [3.63, 3.8) is 0 Å². The van der Waals surface area contributed by atoms with E-state index in [9.17, 15) is 13.2 Å². The molecule has 1 amide bonds. The van der Waals surface area contributed by atoms with Gasteiger partial charge in [0.05, 0.1) is 16.6 Å². The van der Waals surface area contributed by atoms with Gasteiger partial charge in [-0.15, -0.1) is 0 Å². The van der Waals surface area contributed by atoms with E-state index >= 15 is 0 Å². The molecule has 2 aliphatic heterocycles. The third-order valence-electron chi connectivity index (χ3n) is 6.40. The van der Waals surface area contributed by atoms with Crippen molar-refractivity contribution >= 4 is 27.5 Å². The largest absolute Gasteiger partial charge is 0.385 e. The molecule has 1 aromatic rings. The van der Waals surface area contributed by atoms with Gasteiger partial charge in [0.1, 0.15) is 0 Å². The number of hydrogen-bond donors (Lipinski definition) is 1. The molecule has 3 rings (SSSR count). The maximum Gasteiger partial charge on any atom is 0.243 e. The van der Waals surface area contributed by atoms with Crippen LogP contribution in [0.25, 0.3) is 0 Å². The second-order valence-corrected chi connectivity index (χ2v) is 10.6. The van der Waals surface area contributed by atoms with Crippen molar-refractivity contribution in [2.75, 3.05) is 33.4 Å². The number of nitrogens with zero attached hydrogens (tertiary/aromatic N) is 2. The van der Waals surface area contributed by atoms with Crippen molar-refractivity contribution in [2.45, 2.75) is 56.1 Å². The van der Waals surface area contributed by atoms with Crippen LogP contribution in [-0.2, 0) is 19.6 Å². The molecule has 0 aliphatic carbocycles. The Kier molecular flexibility index (Phi) is 7.45. The van der Waals surface area contributed by atoms with Crippen LogP contribution in [0.2, 0.25) is 5.02 Å². The fraction of sp³-hybridized carbons (Fsp3) is 0.667. The molecule has 0 saturated carbocycles. The van der Waals surface area contributed by atoms with E-state index in [0.29, 0.717) is 44.1 Å². The number of carbonyl (C=O) groups is 1. The molecule has 30 heavy (non-hydrogen) atoms. The SMILES string of the molecule is CC[C@H](C)[C@@H]1NC2(CCN(S(=O)(=O)c3cccc(Cl)c3)CC2)N(CCCOC)C1=O. The summed E-state index contributed by atoms with van der Waals surface area (Å²) >= 11 is 6.00. The number of halogens is 1. The van der Waals surface area contributed by atoms with Gasteiger partial charge >= 0.3 is 0 Å².